The van der Waals surface area contributed by atoms with E-state index in [1.165, 1.54) is 11.3 Å². The average molecular weight is 248 g/mol. The Kier molecular flexibility index (Phi) is 4.35. The van der Waals surface area contributed by atoms with Crippen LogP contribution >= 0.6 is 0 Å². The number of nitriles is 1. The third-order valence-electron chi connectivity index (χ3n) is 4.08. The van der Waals surface area contributed by atoms with Crippen LogP contribution in [0.1, 0.15) is 57.8 Å². The number of hydrogen-bond acceptors (Lipinski definition) is 3. The Bertz CT molecular complexity index is 348. The van der Waals surface area contributed by atoms with Crippen molar-refractivity contribution in [2.24, 2.45) is 5.92 Å². The molecule has 2 fully saturated rings. The SMILES string of the molecule is N#CC(C1CCCCC1)N1C(=O)CCCCC1=O. The maximum absolute atomic E-state index is 12.0. The minimum Gasteiger partial charge on any atom is -0.274 e. The number of nitrogens with zero attached hydrogens (tertiary/aromatic N) is 2. The van der Waals surface area contributed by atoms with E-state index in [1.807, 2.05) is 0 Å². The van der Waals surface area contributed by atoms with E-state index in [0.29, 0.717) is 12.8 Å². The van der Waals surface area contributed by atoms with Gasteiger partial charge in [0.1, 0.15) is 6.04 Å². The molecule has 0 radical (unpaired) electrons. The number of carbonyl (C=O) groups excluding carboxylic acids is 2. The molecule has 0 spiro atoms. The van der Waals surface area contributed by atoms with Gasteiger partial charge in [-0.15, -0.1) is 0 Å². The maximum Gasteiger partial charge on any atom is 0.230 e. The molecule has 1 aliphatic heterocycles. The first kappa shape index (κ1) is 13.1. The number of hydrogen-bond donors (Lipinski definition) is 0. The van der Waals surface area contributed by atoms with Crippen LogP contribution in [0.25, 0.3) is 0 Å². The molecule has 1 unspecified atom stereocenters. The summed E-state index contributed by atoms with van der Waals surface area (Å²) in [6.07, 6.45) is 7.72. The molecule has 0 bridgehead atoms. The highest BCUT2D eigenvalue weighted by molar-refractivity contribution is 5.96. The molecule has 0 aromatic carbocycles. The zero-order valence-electron chi connectivity index (χ0n) is 10.7. The lowest BCUT2D eigenvalue weighted by Crippen LogP contribution is -2.47. The molecule has 1 saturated carbocycles. The van der Waals surface area contributed by atoms with Crippen LogP contribution in [0.15, 0.2) is 0 Å². The largest absolute Gasteiger partial charge is 0.274 e. The van der Waals surface area contributed by atoms with Gasteiger partial charge < -0.3 is 0 Å². The van der Waals surface area contributed by atoms with Gasteiger partial charge in [-0.2, -0.15) is 5.26 Å². The molecule has 2 rings (SSSR count). The van der Waals surface area contributed by atoms with Crippen molar-refractivity contribution in [1.29, 1.82) is 5.26 Å². The highest BCUT2D eigenvalue weighted by Gasteiger charge is 2.36. The Morgan fingerprint density at radius 3 is 2.06 bits per heavy atom. The van der Waals surface area contributed by atoms with Crippen molar-refractivity contribution in [2.45, 2.75) is 63.8 Å². The third-order valence-corrected chi connectivity index (χ3v) is 4.08. The highest BCUT2D eigenvalue weighted by Crippen LogP contribution is 2.30. The smallest absolute Gasteiger partial charge is 0.230 e. The summed E-state index contributed by atoms with van der Waals surface area (Å²) < 4.78 is 0. The van der Waals surface area contributed by atoms with Crippen molar-refractivity contribution in [2.75, 3.05) is 0 Å². The molecule has 1 saturated heterocycles. The van der Waals surface area contributed by atoms with Crippen LogP contribution in [0.5, 0.6) is 0 Å². The van der Waals surface area contributed by atoms with Gasteiger partial charge in [-0.3, -0.25) is 14.5 Å². The summed E-state index contributed by atoms with van der Waals surface area (Å²) in [5, 5.41) is 9.36. The van der Waals surface area contributed by atoms with E-state index < -0.39 is 6.04 Å². The van der Waals surface area contributed by atoms with Gasteiger partial charge in [0.2, 0.25) is 11.8 Å². The molecule has 4 nitrogen and oxygen atoms in total. The second kappa shape index (κ2) is 5.99. The Labute approximate surface area is 108 Å². The van der Waals surface area contributed by atoms with Gasteiger partial charge in [-0.05, 0) is 31.6 Å². The fourth-order valence-corrected chi connectivity index (χ4v) is 3.07. The zero-order valence-corrected chi connectivity index (χ0v) is 10.7. The Balaban J connectivity index is 2.16. The van der Waals surface area contributed by atoms with Crippen LogP contribution in [0.4, 0.5) is 0 Å². The fraction of sp³-hybridized carbons (Fsp3) is 0.786. The van der Waals surface area contributed by atoms with Gasteiger partial charge in [-0.25, -0.2) is 0 Å². The van der Waals surface area contributed by atoms with Crippen LogP contribution < -0.4 is 0 Å². The molecule has 2 aliphatic rings. The minimum atomic E-state index is -0.525. The quantitative estimate of drug-likeness (QED) is 0.705. The molecule has 1 aliphatic carbocycles. The van der Waals surface area contributed by atoms with Gasteiger partial charge in [0, 0.05) is 12.8 Å². The number of carbonyl (C=O) groups is 2. The van der Waals surface area contributed by atoms with E-state index >= 15 is 0 Å². The van der Waals surface area contributed by atoms with Gasteiger partial charge in [0.15, 0.2) is 0 Å². The van der Waals surface area contributed by atoms with Crippen molar-refractivity contribution < 1.29 is 9.59 Å². The fourth-order valence-electron chi connectivity index (χ4n) is 3.07. The molecule has 2 amide bonds. The van der Waals surface area contributed by atoms with E-state index in [-0.39, 0.29) is 17.7 Å². The van der Waals surface area contributed by atoms with Gasteiger partial charge in [0.25, 0.3) is 0 Å². The lowest BCUT2D eigenvalue weighted by Gasteiger charge is -2.32. The summed E-state index contributed by atoms with van der Waals surface area (Å²) in [6, 6.07) is 1.69. The average Bonchev–Trinajstić information content (AvgIpc) is 2.56. The zero-order chi connectivity index (χ0) is 13.0. The molecular formula is C14H20N2O2. The summed E-state index contributed by atoms with van der Waals surface area (Å²) in [4.78, 5) is 25.3. The summed E-state index contributed by atoms with van der Waals surface area (Å²) in [6.45, 7) is 0. The molecule has 0 N–H and O–H groups in total. The van der Waals surface area contributed by atoms with Crippen molar-refractivity contribution in [3.63, 3.8) is 0 Å². The van der Waals surface area contributed by atoms with E-state index in [2.05, 4.69) is 6.07 Å². The second-order valence-corrected chi connectivity index (χ2v) is 5.34. The first-order valence-corrected chi connectivity index (χ1v) is 6.98. The molecule has 0 aromatic heterocycles. The number of rotatable bonds is 2. The standard InChI is InChI=1S/C14H20N2O2/c15-10-12(11-6-2-1-3-7-11)16-13(17)8-4-5-9-14(16)18/h11-12H,1-9H2. The Hall–Kier alpha value is -1.37. The maximum atomic E-state index is 12.0. The number of likely N-dealkylation sites (tertiary alicyclic amines) is 1. The predicted octanol–water partition coefficient (Wildman–Crippen LogP) is 2.39. The second-order valence-electron chi connectivity index (χ2n) is 5.34. The van der Waals surface area contributed by atoms with Gasteiger partial charge in [0.05, 0.1) is 6.07 Å². The van der Waals surface area contributed by atoms with E-state index in [9.17, 15) is 14.9 Å². The molecule has 0 aromatic rings. The molecular weight excluding hydrogens is 228 g/mol. The topological polar surface area (TPSA) is 61.2 Å². The van der Waals surface area contributed by atoms with Gasteiger partial charge >= 0.3 is 0 Å². The first-order valence-electron chi connectivity index (χ1n) is 6.98. The molecule has 18 heavy (non-hydrogen) atoms. The Morgan fingerprint density at radius 2 is 1.56 bits per heavy atom. The van der Waals surface area contributed by atoms with Gasteiger partial charge in [-0.1, -0.05) is 19.3 Å². The molecule has 1 atom stereocenters. The van der Waals surface area contributed by atoms with Crippen molar-refractivity contribution in [3.8, 4) is 6.07 Å². The van der Waals surface area contributed by atoms with Crippen molar-refractivity contribution >= 4 is 11.8 Å². The van der Waals surface area contributed by atoms with Crippen LogP contribution in [-0.4, -0.2) is 22.8 Å². The number of amides is 2. The van der Waals surface area contributed by atoms with Crippen LogP contribution in [0.2, 0.25) is 0 Å². The monoisotopic (exact) mass is 248 g/mol. The summed E-state index contributed by atoms with van der Waals surface area (Å²) in [5.74, 6) is -0.0982. The highest BCUT2D eigenvalue weighted by atomic mass is 16.2. The normalized spacial score (nSPS) is 24.5. The lowest BCUT2D eigenvalue weighted by molar-refractivity contribution is -0.146. The Morgan fingerprint density at radius 1 is 1.00 bits per heavy atom. The number of imide groups is 1. The third kappa shape index (κ3) is 2.72. The summed E-state index contributed by atoms with van der Waals surface area (Å²) >= 11 is 0. The van der Waals surface area contributed by atoms with E-state index in [1.54, 1.807) is 0 Å². The minimum absolute atomic E-state index is 0.144. The predicted molar refractivity (Wildman–Crippen MR) is 66.3 cm³/mol. The van der Waals surface area contributed by atoms with Crippen molar-refractivity contribution in [3.05, 3.63) is 0 Å². The van der Waals surface area contributed by atoms with Crippen LogP contribution in [0, 0.1) is 17.2 Å². The molecule has 4 heteroatoms. The first-order chi connectivity index (χ1) is 8.74. The summed E-state index contributed by atoms with van der Waals surface area (Å²) in [7, 11) is 0. The molecule has 98 valence electrons. The van der Waals surface area contributed by atoms with Crippen LogP contribution in [0.3, 0.4) is 0 Å². The van der Waals surface area contributed by atoms with E-state index in [0.717, 1.165) is 38.5 Å². The molecule has 1 heterocycles. The van der Waals surface area contributed by atoms with Crippen molar-refractivity contribution in [1.82, 2.24) is 4.90 Å². The van der Waals surface area contributed by atoms with E-state index in [4.69, 9.17) is 0 Å². The van der Waals surface area contributed by atoms with Crippen LogP contribution in [-0.2, 0) is 9.59 Å². The summed E-state index contributed by atoms with van der Waals surface area (Å²) in [5.41, 5.74) is 0. The lowest BCUT2D eigenvalue weighted by atomic mass is 9.83.